The lowest BCUT2D eigenvalue weighted by atomic mass is 9.78. The van der Waals surface area contributed by atoms with Gasteiger partial charge in [-0.1, -0.05) is 89.4 Å². The molecule has 170 valence electrons. The zero-order valence-corrected chi connectivity index (χ0v) is 19.2. The molecule has 0 heterocycles. The van der Waals surface area contributed by atoms with E-state index in [4.69, 9.17) is 18.1 Å². The summed E-state index contributed by atoms with van der Waals surface area (Å²) >= 11 is 0. The Morgan fingerprint density at radius 2 is 0.935 bits per heavy atom. The highest BCUT2D eigenvalue weighted by Gasteiger charge is 2.22. The molecule has 6 heteroatoms. The van der Waals surface area contributed by atoms with Crippen LogP contribution in [0.4, 0.5) is 0 Å². The molecular weight excluding hydrogens is 426 g/mol. The van der Waals surface area contributed by atoms with Crippen molar-refractivity contribution in [3.63, 3.8) is 0 Å². The third-order valence-electron chi connectivity index (χ3n) is 4.30. The maximum atomic E-state index is 5.43. The van der Waals surface area contributed by atoms with Crippen molar-refractivity contribution in [3.05, 3.63) is 96.1 Å². The SMILES string of the molecule is C.C.COPOc1ccc(C(C)(C)c2ccccc2)cc1.COPOc1ccccc1. The summed E-state index contributed by atoms with van der Waals surface area (Å²) in [4.78, 5) is 0. The Labute approximate surface area is 192 Å². The summed E-state index contributed by atoms with van der Waals surface area (Å²) in [6.45, 7) is 4.46. The Hall–Kier alpha value is -1.96. The summed E-state index contributed by atoms with van der Waals surface area (Å²) in [5.41, 5.74) is 2.57. The molecule has 3 aromatic rings. The van der Waals surface area contributed by atoms with Gasteiger partial charge in [-0.05, 0) is 35.4 Å². The number of para-hydroxylation sites is 1. The molecule has 3 aromatic carbocycles. The van der Waals surface area contributed by atoms with Gasteiger partial charge in [0.25, 0.3) is 0 Å². The Kier molecular flexibility index (Phi) is 14.8. The van der Waals surface area contributed by atoms with Crippen LogP contribution in [-0.4, -0.2) is 14.2 Å². The van der Waals surface area contributed by atoms with Crippen LogP contribution in [0.5, 0.6) is 11.5 Å². The highest BCUT2D eigenvalue weighted by atomic mass is 31.1. The molecule has 2 atom stereocenters. The van der Waals surface area contributed by atoms with Crippen molar-refractivity contribution in [1.29, 1.82) is 0 Å². The highest BCUT2D eigenvalue weighted by Crippen LogP contribution is 2.33. The lowest BCUT2D eigenvalue weighted by Gasteiger charge is -2.26. The van der Waals surface area contributed by atoms with Crippen molar-refractivity contribution in [3.8, 4) is 11.5 Å². The molecule has 0 aromatic heterocycles. The van der Waals surface area contributed by atoms with Gasteiger partial charge in [-0.2, -0.15) is 0 Å². The minimum Gasteiger partial charge on any atom is -0.450 e. The van der Waals surface area contributed by atoms with E-state index in [1.807, 2.05) is 48.5 Å². The van der Waals surface area contributed by atoms with E-state index in [1.54, 1.807) is 14.2 Å². The molecule has 3 rings (SSSR count). The van der Waals surface area contributed by atoms with Gasteiger partial charge in [-0.25, -0.2) is 0 Å². The molecule has 0 fully saturated rings. The molecule has 0 bridgehead atoms. The van der Waals surface area contributed by atoms with E-state index >= 15 is 0 Å². The molecule has 0 radical (unpaired) electrons. The van der Waals surface area contributed by atoms with E-state index in [0.717, 1.165) is 11.5 Å². The van der Waals surface area contributed by atoms with Gasteiger partial charge in [0, 0.05) is 19.6 Å². The Morgan fingerprint density at radius 1 is 0.548 bits per heavy atom. The van der Waals surface area contributed by atoms with Gasteiger partial charge >= 0.3 is 0 Å². The average Bonchev–Trinajstić information content (AvgIpc) is 2.78. The van der Waals surface area contributed by atoms with Gasteiger partial charge < -0.3 is 18.1 Å². The Morgan fingerprint density at radius 3 is 1.39 bits per heavy atom. The molecule has 0 aliphatic rings. The molecule has 0 saturated carbocycles. The van der Waals surface area contributed by atoms with Crippen LogP contribution in [0, 0.1) is 0 Å². The van der Waals surface area contributed by atoms with Crippen molar-refractivity contribution >= 4 is 18.1 Å². The third-order valence-corrected chi connectivity index (χ3v) is 5.27. The summed E-state index contributed by atoms with van der Waals surface area (Å²) in [6.07, 6.45) is 0. The highest BCUT2D eigenvalue weighted by molar-refractivity contribution is 7.26. The Bertz CT molecular complexity index is 810. The van der Waals surface area contributed by atoms with E-state index in [2.05, 4.69) is 50.2 Å². The zero-order valence-electron chi connectivity index (χ0n) is 17.2. The van der Waals surface area contributed by atoms with Crippen molar-refractivity contribution in [2.75, 3.05) is 14.2 Å². The van der Waals surface area contributed by atoms with Gasteiger partial charge in [-0.3, -0.25) is 0 Å². The molecule has 0 aliphatic carbocycles. The second-order valence-electron chi connectivity index (χ2n) is 6.61. The molecule has 31 heavy (non-hydrogen) atoms. The van der Waals surface area contributed by atoms with E-state index < -0.39 is 0 Å². The fourth-order valence-corrected chi connectivity index (χ4v) is 3.26. The molecule has 2 unspecified atom stereocenters. The summed E-state index contributed by atoms with van der Waals surface area (Å²) in [5, 5.41) is 0. The van der Waals surface area contributed by atoms with Crippen LogP contribution in [0.3, 0.4) is 0 Å². The van der Waals surface area contributed by atoms with Crippen LogP contribution >= 0.6 is 18.1 Å². The normalized spacial score (nSPS) is 10.7. The van der Waals surface area contributed by atoms with Crippen molar-refractivity contribution in [1.82, 2.24) is 0 Å². The number of hydrogen-bond donors (Lipinski definition) is 0. The minimum absolute atomic E-state index is 0. The largest absolute Gasteiger partial charge is 0.450 e. The second kappa shape index (κ2) is 15.8. The molecule has 0 saturated heterocycles. The van der Waals surface area contributed by atoms with Gasteiger partial charge in [0.15, 0.2) is 0 Å². The zero-order chi connectivity index (χ0) is 21.0. The lowest BCUT2D eigenvalue weighted by Crippen LogP contribution is -2.18. The maximum absolute atomic E-state index is 5.43. The standard InChI is InChI=1S/C16H19O2P.C7H9O2P.2CH4/c1-16(2,13-7-5-4-6-8-13)14-9-11-15(12-10-14)18-19-17-3;1-8-10-9-7-5-3-2-4-6-7;;/h4-12,19H,1-3H3;2-6,10H,1H3;2*1H4. The Balaban J connectivity index is 0.000000643. The van der Waals surface area contributed by atoms with Crippen molar-refractivity contribution < 1.29 is 18.1 Å². The fraction of sp³-hybridized carbons (Fsp3) is 0.280. The first-order valence-electron chi connectivity index (χ1n) is 9.18. The molecule has 0 amide bonds. The first-order chi connectivity index (χ1) is 14.1. The molecule has 4 nitrogen and oxygen atoms in total. The van der Waals surface area contributed by atoms with E-state index in [0.29, 0.717) is 0 Å². The monoisotopic (exact) mass is 462 g/mol. The van der Waals surface area contributed by atoms with E-state index in [9.17, 15) is 0 Å². The average molecular weight is 463 g/mol. The molecule has 0 spiro atoms. The van der Waals surface area contributed by atoms with Crippen LogP contribution in [0.1, 0.15) is 39.8 Å². The van der Waals surface area contributed by atoms with E-state index in [-0.39, 0.29) is 38.3 Å². The van der Waals surface area contributed by atoms with Crippen LogP contribution in [0.25, 0.3) is 0 Å². The topological polar surface area (TPSA) is 36.9 Å². The summed E-state index contributed by atoms with van der Waals surface area (Å²) in [5.74, 6) is 1.69. The first-order valence-corrected chi connectivity index (χ1v) is 10.8. The van der Waals surface area contributed by atoms with Crippen LogP contribution in [0.2, 0.25) is 0 Å². The smallest absolute Gasteiger partial charge is 0.215 e. The predicted octanol–water partition coefficient (Wildman–Crippen LogP) is 8.04. The molecule has 0 aliphatic heterocycles. The van der Waals surface area contributed by atoms with Crippen LogP contribution < -0.4 is 9.05 Å². The third kappa shape index (κ3) is 9.80. The van der Waals surface area contributed by atoms with Gasteiger partial charge in [0.1, 0.15) is 11.5 Å². The lowest BCUT2D eigenvalue weighted by molar-refractivity contribution is 0.416. The van der Waals surface area contributed by atoms with Gasteiger partial charge in [0.05, 0.1) is 0 Å². The minimum atomic E-state index is -0.0106. The predicted molar refractivity (Wildman–Crippen MR) is 137 cm³/mol. The summed E-state index contributed by atoms with van der Waals surface area (Å²) in [6, 6.07) is 28.3. The van der Waals surface area contributed by atoms with Gasteiger partial charge in [0.2, 0.25) is 18.1 Å². The quantitative estimate of drug-likeness (QED) is 0.318. The van der Waals surface area contributed by atoms with Gasteiger partial charge in [-0.15, -0.1) is 0 Å². The van der Waals surface area contributed by atoms with E-state index in [1.165, 1.54) is 11.1 Å². The van der Waals surface area contributed by atoms with Crippen molar-refractivity contribution in [2.24, 2.45) is 0 Å². The second-order valence-corrected chi connectivity index (χ2v) is 8.17. The maximum Gasteiger partial charge on any atom is 0.215 e. The number of hydrogen-bond acceptors (Lipinski definition) is 4. The molecule has 0 N–H and O–H groups in total. The van der Waals surface area contributed by atoms with Crippen molar-refractivity contribution in [2.45, 2.75) is 34.1 Å². The summed E-state index contributed by atoms with van der Waals surface area (Å²) in [7, 11) is 3.38. The fourth-order valence-electron chi connectivity index (χ4n) is 2.63. The number of benzene rings is 3. The first kappa shape index (κ1) is 29.0. The summed E-state index contributed by atoms with van der Waals surface area (Å²) < 4.78 is 20.3. The van der Waals surface area contributed by atoms with Crippen LogP contribution in [-0.2, 0) is 14.5 Å². The molecular formula is C25H36O4P2. The van der Waals surface area contributed by atoms with Crippen LogP contribution in [0.15, 0.2) is 84.9 Å². The number of rotatable bonds is 8.